The van der Waals surface area contributed by atoms with E-state index in [2.05, 4.69) is 67.4 Å². The smallest absolute Gasteiger partial charge is 0.306 e. The molecule has 322 valence electrons. The standard InChI is InChI=1S/C48H83NO7/c1-5-7-9-11-13-15-17-19-21-23-25-27-29-31-33-38-46(51)55-44-42-53-43(41-54-45(50)37-35-36-40-49(3)4)48(44)56-47(52)39-34-32-30-28-26-24-22-20-18-16-14-12-10-8-6-2/h13-16,19-22,43-44,48H,5-12,17-18,23-42H2,1-4H3/b15-13-,16-14-,21-19-,22-20-/t43-,44?,48+/m1/s1. The number of hydrogen-bond acceptors (Lipinski definition) is 8. The van der Waals surface area contributed by atoms with Crippen LogP contribution in [0.5, 0.6) is 0 Å². The Morgan fingerprint density at radius 1 is 0.536 bits per heavy atom. The highest BCUT2D eigenvalue weighted by Gasteiger charge is 2.43. The van der Waals surface area contributed by atoms with E-state index in [0.717, 1.165) is 109 Å². The molecule has 8 nitrogen and oxygen atoms in total. The lowest BCUT2D eigenvalue weighted by Crippen LogP contribution is -2.40. The number of hydrogen-bond donors (Lipinski definition) is 0. The average molecular weight is 786 g/mol. The van der Waals surface area contributed by atoms with Crippen LogP contribution >= 0.6 is 0 Å². The number of esters is 3. The molecule has 56 heavy (non-hydrogen) atoms. The van der Waals surface area contributed by atoms with Crippen molar-refractivity contribution in [3.05, 3.63) is 48.6 Å². The minimum absolute atomic E-state index is 0.0346. The predicted octanol–water partition coefficient (Wildman–Crippen LogP) is 12.1. The van der Waals surface area contributed by atoms with Crippen LogP contribution in [0, 0.1) is 0 Å². The van der Waals surface area contributed by atoms with Crippen LogP contribution in [-0.4, -0.2) is 75.0 Å². The summed E-state index contributed by atoms with van der Waals surface area (Å²) in [7, 11) is 4.01. The van der Waals surface area contributed by atoms with E-state index in [1.165, 1.54) is 51.4 Å². The van der Waals surface area contributed by atoms with Crippen LogP contribution in [0.2, 0.25) is 0 Å². The highest BCUT2D eigenvalue weighted by molar-refractivity contribution is 5.71. The zero-order valence-corrected chi connectivity index (χ0v) is 36.4. The lowest BCUT2D eigenvalue weighted by Gasteiger charge is -2.23. The predicted molar refractivity (Wildman–Crippen MR) is 232 cm³/mol. The van der Waals surface area contributed by atoms with E-state index in [0.29, 0.717) is 19.3 Å². The van der Waals surface area contributed by atoms with E-state index < -0.39 is 18.3 Å². The van der Waals surface area contributed by atoms with Crippen LogP contribution in [0.4, 0.5) is 0 Å². The first-order valence-corrected chi connectivity index (χ1v) is 22.8. The van der Waals surface area contributed by atoms with E-state index in [-0.39, 0.29) is 31.1 Å². The van der Waals surface area contributed by atoms with E-state index in [1.807, 2.05) is 14.1 Å². The zero-order valence-electron chi connectivity index (χ0n) is 36.4. The van der Waals surface area contributed by atoms with Crippen molar-refractivity contribution in [2.45, 2.75) is 206 Å². The molecule has 3 atom stereocenters. The van der Waals surface area contributed by atoms with Gasteiger partial charge in [0, 0.05) is 19.3 Å². The van der Waals surface area contributed by atoms with Crippen LogP contribution in [0.1, 0.15) is 187 Å². The first-order chi connectivity index (χ1) is 27.4. The van der Waals surface area contributed by atoms with Crippen molar-refractivity contribution < 1.29 is 33.3 Å². The van der Waals surface area contributed by atoms with Crippen molar-refractivity contribution in [3.8, 4) is 0 Å². The SMILES string of the molecule is CCCCC/C=C\C/C=C\CCCCCCCC(=O)OC1CO[C@H](COC(=O)CCCCN(C)C)[C@@H]1OC(=O)CCCCCCC/C=C\C/C=C\CCCCC. The Morgan fingerprint density at radius 2 is 0.964 bits per heavy atom. The van der Waals surface area contributed by atoms with Crippen molar-refractivity contribution in [3.63, 3.8) is 0 Å². The third-order valence-corrected chi connectivity index (χ3v) is 10.1. The Balaban J connectivity index is 2.40. The molecule has 0 saturated carbocycles. The lowest BCUT2D eigenvalue weighted by atomic mass is 10.1. The summed E-state index contributed by atoms with van der Waals surface area (Å²) in [6.45, 7) is 5.46. The molecule has 0 aliphatic carbocycles. The number of unbranched alkanes of at least 4 members (excludes halogenated alkanes) is 17. The Bertz CT molecular complexity index is 1080. The molecule has 0 N–H and O–H groups in total. The van der Waals surface area contributed by atoms with E-state index in [9.17, 15) is 14.4 Å². The fraction of sp³-hybridized carbons (Fsp3) is 0.771. The second-order valence-corrected chi connectivity index (χ2v) is 15.8. The molecule has 1 heterocycles. The fourth-order valence-electron chi connectivity index (χ4n) is 6.59. The molecule has 0 aromatic heterocycles. The van der Waals surface area contributed by atoms with Gasteiger partial charge in [-0.1, -0.05) is 127 Å². The first kappa shape index (κ1) is 51.3. The third-order valence-electron chi connectivity index (χ3n) is 10.1. The molecule has 0 bridgehead atoms. The van der Waals surface area contributed by atoms with Crippen molar-refractivity contribution in [1.82, 2.24) is 4.90 Å². The van der Waals surface area contributed by atoms with Crippen molar-refractivity contribution in [2.75, 3.05) is 33.9 Å². The van der Waals surface area contributed by atoms with Crippen LogP contribution in [0.3, 0.4) is 0 Å². The van der Waals surface area contributed by atoms with Gasteiger partial charge in [0.15, 0.2) is 12.2 Å². The lowest BCUT2D eigenvalue weighted by molar-refractivity contribution is -0.168. The second-order valence-electron chi connectivity index (χ2n) is 15.8. The van der Waals surface area contributed by atoms with Gasteiger partial charge in [-0.3, -0.25) is 14.4 Å². The maximum atomic E-state index is 13.0. The van der Waals surface area contributed by atoms with Gasteiger partial charge >= 0.3 is 17.9 Å². The third kappa shape index (κ3) is 31.4. The quantitative estimate of drug-likeness (QED) is 0.0266. The molecule has 8 heteroatoms. The Kier molecular flexibility index (Phi) is 34.7. The summed E-state index contributed by atoms with van der Waals surface area (Å²) in [4.78, 5) is 40.3. The molecular formula is C48H83NO7. The zero-order chi connectivity index (χ0) is 40.7. The molecule has 0 radical (unpaired) electrons. The van der Waals surface area contributed by atoms with Gasteiger partial charge in [0.2, 0.25) is 0 Å². The van der Waals surface area contributed by atoms with E-state index in [1.54, 1.807) is 0 Å². The Hall–Kier alpha value is -2.71. The molecule has 1 rings (SSSR count). The minimum Gasteiger partial charge on any atom is -0.463 e. The van der Waals surface area contributed by atoms with Crippen molar-refractivity contribution >= 4 is 17.9 Å². The summed E-state index contributed by atoms with van der Waals surface area (Å²) in [6, 6.07) is 0. The minimum atomic E-state index is -0.796. The van der Waals surface area contributed by atoms with Gasteiger partial charge in [-0.2, -0.15) is 0 Å². The van der Waals surface area contributed by atoms with Gasteiger partial charge in [0.05, 0.1) is 6.61 Å². The number of rotatable bonds is 37. The maximum absolute atomic E-state index is 13.0. The molecule has 1 saturated heterocycles. The molecule has 1 aliphatic heterocycles. The van der Waals surface area contributed by atoms with Gasteiger partial charge in [-0.25, -0.2) is 0 Å². The van der Waals surface area contributed by atoms with Crippen molar-refractivity contribution in [2.24, 2.45) is 0 Å². The average Bonchev–Trinajstić information content (AvgIpc) is 3.55. The highest BCUT2D eigenvalue weighted by Crippen LogP contribution is 2.24. The van der Waals surface area contributed by atoms with Crippen LogP contribution in [0.15, 0.2) is 48.6 Å². The highest BCUT2D eigenvalue weighted by atomic mass is 16.6. The molecule has 0 amide bonds. The summed E-state index contributed by atoms with van der Waals surface area (Å²) < 4.78 is 23.1. The largest absolute Gasteiger partial charge is 0.463 e. The maximum Gasteiger partial charge on any atom is 0.306 e. The number of carbonyl (C=O) groups is 3. The molecule has 1 fully saturated rings. The van der Waals surface area contributed by atoms with Crippen LogP contribution in [0.25, 0.3) is 0 Å². The Labute approximate surface area is 343 Å². The van der Waals surface area contributed by atoms with Crippen molar-refractivity contribution in [1.29, 1.82) is 0 Å². The van der Waals surface area contributed by atoms with Crippen LogP contribution < -0.4 is 0 Å². The summed E-state index contributed by atoms with van der Waals surface area (Å²) in [5.41, 5.74) is 0. The Morgan fingerprint density at radius 3 is 1.46 bits per heavy atom. The van der Waals surface area contributed by atoms with Gasteiger partial charge in [0.1, 0.15) is 12.7 Å². The normalized spacial score (nSPS) is 17.3. The van der Waals surface area contributed by atoms with Gasteiger partial charge in [0.25, 0.3) is 0 Å². The second kappa shape index (κ2) is 37.8. The van der Waals surface area contributed by atoms with E-state index >= 15 is 0 Å². The number of nitrogens with zero attached hydrogens (tertiary/aromatic N) is 1. The molecule has 0 spiro atoms. The number of ether oxygens (including phenoxy) is 4. The molecule has 0 aromatic carbocycles. The van der Waals surface area contributed by atoms with Gasteiger partial charge < -0.3 is 23.8 Å². The fourth-order valence-corrected chi connectivity index (χ4v) is 6.59. The number of carbonyl (C=O) groups excluding carboxylic acids is 3. The van der Waals surface area contributed by atoms with E-state index in [4.69, 9.17) is 18.9 Å². The molecule has 0 aromatic rings. The first-order valence-electron chi connectivity index (χ1n) is 22.8. The van der Waals surface area contributed by atoms with Gasteiger partial charge in [-0.15, -0.1) is 0 Å². The monoisotopic (exact) mass is 786 g/mol. The summed E-state index contributed by atoms with van der Waals surface area (Å²) in [5.74, 6) is -0.942. The summed E-state index contributed by atoms with van der Waals surface area (Å²) >= 11 is 0. The van der Waals surface area contributed by atoms with Crippen LogP contribution in [-0.2, 0) is 33.3 Å². The molecule has 1 unspecified atom stereocenters. The summed E-state index contributed by atoms with van der Waals surface area (Å²) in [5, 5.41) is 0. The molecule has 1 aliphatic rings. The number of allylic oxidation sites excluding steroid dienone is 8. The summed E-state index contributed by atoms with van der Waals surface area (Å²) in [6.07, 6.45) is 43.1. The van der Waals surface area contributed by atoms with Gasteiger partial charge in [-0.05, 0) is 111 Å². The molecular weight excluding hydrogens is 703 g/mol. The topological polar surface area (TPSA) is 91.4 Å².